The summed E-state index contributed by atoms with van der Waals surface area (Å²) in [5.41, 5.74) is 0.673. The number of esters is 4. The molecule has 26 unspecified atom stereocenters. The maximum Gasteiger partial charge on any atom is 0.331 e. The molecule has 6 saturated heterocycles. The van der Waals surface area contributed by atoms with Crippen LogP contribution < -0.4 is 0 Å². The number of hydrogen-bond acceptors (Lipinski definition) is 25. The predicted molar refractivity (Wildman–Crippen MR) is 373 cm³/mol. The van der Waals surface area contributed by atoms with E-state index < -0.39 is 177 Å². The Balaban J connectivity index is 1.24. The van der Waals surface area contributed by atoms with Gasteiger partial charge in [-0.2, -0.15) is 0 Å². The first kappa shape index (κ1) is 85.4. The van der Waals surface area contributed by atoms with Crippen LogP contribution in [0.15, 0.2) is 36.4 Å². The first-order chi connectivity index (χ1) is 49.1. The summed E-state index contributed by atoms with van der Waals surface area (Å²) >= 11 is 0. The van der Waals surface area contributed by atoms with E-state index in [9.17, 15) is 54.9 Å². The number of unbranched alkanes of at least 4 members (excludes halogenated alkanes) is 16. The minimum atomic E-state index is -1.95. The molecule has 0 radical (unpaired) electrons. The zero-order valence-corrected chi connectivity index (χ0v) is 62.0. The van der Waals surface area contributed by atoms with Crippen LogP contribution in [0.5, 0.6) is 0 Å². The molecule has 25 heteroatoms. The van der Waals surface area contributed by atoms with Crippen molar-refractivity contribution in [2.45, 2.75) is 414 Å². The molecule has 7 N–H and O–H groups in total. The van der Waals surface area contributed by atoms with Crippen LogP contribution in [0, 0.1) is 0 Å². The number of fused-ring (bicyclic) bond motifs is 3. The van der Waals surface area contributed by atoms with E-state index in [1.54, 1.807) is 45.0 Å². The number of benzene rings is 1. The first-order valence-electron chi connectivity index (χ1n) is 39.0. The van der Waals surface area contributed by atoms with Gasteiger partial charge in [-0.3, -0.25) is 14.4 Å². The topological polar surface area (TPSA) is 339 Å². The number of hydrogen-bond donors (Lipinski definition) is 7. The van der Waals surface area contributed by atoms with Gasteiger partial charge >= 0.3 is 23.9 Å². The van der Waals surface area contributed by atoms with Crippen molar-refractivity contribution < 1.29 is 121 Å². The normalized spacial score (nSPS) is 36.9. The Morgan fingerprint density at radius 3 is 1.55 bits per heavy atom. The molecule has 0 amide bonds. The van der Waals surface area contributed by atoms with Crippen LogP contribution >= 0.6 is 0 Å². The van der Waals surface area contributed by atoms with Gasteiger partial charge in [0.2, 0.25) is 0 Å². The average molecular weight is 1450 g/mol. The summed E-state index contributed by atoms with van der Waals surface area (Å²) < 4.78 is 90.4. The first-order valence-corrected chi connectivity index (χ1v) is 39.0. The summed E-state index contributed by atoms with van der Waals surface area (Å²) in [6.07, 6.45) is -11.4. The van der Waals surface area contributed by atoms with E-state index in [-0.39, 0.29) is 25.4 Å². The monoisotopic (exact) mass is 1450 g/mol. The number of aliphatic hydroxyl groups excluding tert-OH is 7. The highest BCUT2D eigenvalue weighted by Crippen LogP contribution is 2.40. The molecule has 25 nitrogen and oxygen atoms in total. The maximum absolute atomic E-state index is 14.7. The fourth-order valence-corrected chi connectivity index (χ4v) is 14.3. The lowest BCUT2D eigenvalue weighted by Crippen LogP contribution is -2.68. The smallest absolute Gasteiger partial charge is 0.331 e. The highest BCUT2D eigenvalue weighted by atomic mass is 16.8. The molecule has 0 saturated carbocycles. The fourth-order valence-electron chi connectivity index (χ4n) is 14.3. The molecular weight excluding hydrogens is 1320 g/mol. The summed E-state index contributed by atoms with van der Waals surface area (Å²) in [4.78, 5) is 56.4. The second kappa shape index (κ2) is 45.1. The number of carbonyl (C=O) groups is 4. The predicted octanol–water partition coefficient (Wildman–Crippen LogP) is 9.69. The van der Waals surface area contributed by atoms with Crippen molar-refractivity contribution in [1.82, 2.24) is 0 Å². The van der Waals surface area contributed by atoms with Gasteiger partial charge in [-0.15, -0.1) is 0 Å². The molecule has 0 spiro atoms. The quantitative estimate of drug-likeness (QED) is 0.0149. The van der Waals surface area contributed by atoms with Crippen LogP contribution in [-0.2, 0) is 85.5 Å². The van der Waals surface area contributed by atoms with Crippen molar-refractivity contribution in [2.24, 2.45) is 0 Å². The van der Waals surface area contributed by atoms with Crippen molar-refractivity contribution in [1.29, 1.82) is 0 Å². The molecule has 0 aliphatic carbocycles. The van der Waals surface area contributed by atoms with Crippen LogP contribution in [0.25, 0.3) is 6.08 Å². The van der Waals surface area contributed by atoms with E-state index in [1.807, 2.05) is 6.07 Å². The third-order valence-corrected chi connectivity index (χ3v) is 20.6. The summed E-state index contributed by atoms with van der Waals surface area (Å²) in [6.45, 7) is 14.1. The Bertz CT molecular complexity index is 2570. The average Bonchev–Trinajstić information content (AvgIpc) is 0.766. The van der Waals surface area contributed by atoms with Gasteiger partial charge in [-0.1, -0.05) is 199 Å². The summed E-state index contributed by atoms with van der Waals surface area (Å²) in [6, 6.07) is 8.96. The Morgan fingerprint density at radius 2 is 0.912 bits per heavy atom. The van der Waals surface area contributed by atoms with Gasteiger partial charge < -0.3 is 102 Å². The Kier molecular flexibility index (Phi) is 37.8. The molecule has 1 aromatic rings. The summed E-state index contributed by atoms with van der Waals surface area (Å²) in [5, 5.41) is 82.3. The van der Waals surface area contributed by atoms with Crippen molar-refractivity contribution in [3.05, 3.63) is 42.0 Å². The largest absolute Gasteiger partial charge is 0.456 e. The Labute approximate surface area is 604 Å². The number of ether oxygens (including phenoxy) is 14. The molecule has 0 aromatic heterocycles. The van der Waals surface area contributed by atoms with Gasteiger partial charge in [0.25, 0.3) is 0 Å². The molecule has 7 rings (SSSR count). The molecule has 6 fully saturated rings. The van der Waals surface area contributed by atoms with E-state index in [0.29, 0.717) is 44.1 Å². The molecule has 1 aromatic carbocycles. The number of carbonyl (C=O) groups excluding carboxylic acids is 4. The molecule has 6 heterocycles. The van der Waals surface area contributed by atoms with Crippen LogP contribution in [0.1, 0.15) is 260 Å². The van der Waals surface area contributed by atoms with Gasteiger partial charge in [0.15, 0.2) is 55.9 Å². The third kappa shape index (κ3) is 26.2. The minimum Gasteiger partial charge on any atom is -0.456 e. The second-order valence-electron chi connectivity index (χ2n) is 29.1. The molecule has 26 atom stereocenters. The van der Waals surface area contributed by atoms with Crippen molar-refractivity contribution in [2.75, 3.05) is 0 Å². The van der Waals surface area contributed by atoms with Crippen molar-refractivity contribution in [3.8, 4) is 0 Å². The fraction of sp³-hybridized carbons (Fsp3) is 0.844. The van der Waals surface area contributed by atoms with E-state index >= 15 is 0 Å². The lowest BCUT2D eigenvalue weighted by molar-refractivity contribution is -0.399. The van der Waals surface area contributed by atoms with Gasteiger partial charge in [0.1, 0.15) is 67.1 Å². The molecule has 6 aliphatic heterocycles. The number of aliphatic hydroxyl groups is 7. The van der Waals surface area contributed by atoms with Crippen molar-refractivity contribution in [3.63, 3.8) is 0 Å². The highest BCUT2D eigenvalue weighted by molar-refractivity contribution is 5.87. The molecule has 584 valence electrons. The summed E-state index contributed by atoms with van der Waals surface area (Å²) in [5.74, 6) is -2.96. The van der Waals surface area contributed by atoms with Crippen LogP contribution in [0.3, 0.4) is 0 Å². The zero-order valence-electron chi connectivity index (χ0n) is 62.0. The lowest BCUT2D eigenvalue weighted by atomic mass is 9.95. The standard InChI is InChI=1S/C77H126O25/c1-9-12-15-17-19-20-24-28-37-44-56(80)98-72-71(102-73-62(86)60(84)58(82)47(4)89-73)67(99-74-63(87)68(97-57(81)46-45-52-38-32-30-33-39-52)65(49(6)91-74)95-54(78)42-35-27-22-18-16-13-10-2)51(8)93-77(72)100-66-50(7)92-75-64(88)69(66)96-55(79)43-36-29-25-21-23-26-34-41-53(40-31-14-11-3)94-76-70(101-75)61(85)59(83)48(5)90-76/h30,32-33,38-39,45-51,53,58-77,82-88H,9-29,31,34-37,40-44H2,1-8H3. The van der Waals surface area contributed by atoms with Gasteiger partial charge in [0, 0.05) is 25.3 Å². The van der Waals surface area contributed by atoms with E-state index in [0.717, 1.165) is 141 Å². The second-order valence-corrected chi connectivity index (χ2v) is 29.1. The van der Waals surface area contributed by atoms with Crippen LogP contribution in [-0.4, -0.2) is 219 Å². The van der Waals surface area contributed by atoms with Crippen LogP contribution in [0.4, 0.5) is 0 Å². The van der Waals surface area contributed by atoms with Gasteiger partial charge in [-0.25, -0.2) is 4.79 Å². The van der Waals surface area contributed by atoms with Gasteiger partial charge in [-0.05, 0) is 78.4 Å². The molecule has 2 bridgehead atoms. The highest BCUT2D eigenvalue weighted by Gasteiger charge is 2.59. The van der Waals surface area contributed by atoms with E-state index in [4.69, 9.17) is 66.3 Å². The van der Waals surface area contributed by atoms with Gasteiger partial charge in [0.05, 0.1) is 36.6 Å². The lowest BCUT2D eigenvalue weighted by Gasteiger charge is -2.51. The SMILES string of the molecule is CCCCCCCCCCCC(=O)OC1C(OC2C(C)OC3OC4C(OC(CCCCC)CCCCCCCCCC(=O)OC2C3O)OC(C)C(O)C4O)OC(C)C(OC2OC(C)C(OC(=O)CCCCCCCCC)C(OC(=O)C=Cc3ccccc3)C2O)C1OC1OC(C)C(O)C(O)C1O. The third-order valence-electron chi connectivity index (χ3n) is 20.6. The van der Waals surface area contributed by atoms with E-state index in [1.165, 1.54) is 26.0 Å². The maximum atomic E-state index is 14.7. The molecule has 102 heavy (non-hydrogen) atoms. The molecular formula is C77H126O25. The van der Waals surface area contributed by atoms with Crippen LogP contribution in [0.2, 0.25) is 0 Å². The minimum absolute atomic E-state index is 0.0421. The summed E-state index contributed by atoms with van der Waals surface area (Å²) in [7, 11) is 0. The Hall–Kier alpha value is -3.84. The zero-order chi connectivity index (χ0) is 73.7. The number of rotatable bonds is 33. The van der Waals surface area contributed by atoms with E-state index in [2.05, 4.69) is 20.8 Å². The van der Waals surface area contributed by atoms with Crippen molar-refractivity contribution >= 4 is 30.0 Å². The Morgan fingerprint density at radius 1 is 0.422 bits per heavy atom. The molecule has 6 aliphatic rings.